The smallest absolute Gasteiger partial charge is 0.0535 e. The van der Waals surface area contributed by atoms with Gasteiger partial charge < -0.3 is 5.32 Å². The van der Waals surface area contributed by atoms with Crippen LogP contribution >= 0.6 is 0 Å². The Bertz CT molecular complexity index is 347. The van der Waals surface area contributed by atoms with Gasteiger partial charge in [0.1, 0.15) is 0 Å². The normalized spacial score (nSPS) is 26.6. The first-order valence-corrected chi connectivity index (χ1v) is 5.88. The zero-order valence-corrected chi connectivity index (χ0v) is 9.95. The molecule has 0 amide bonds. The van der Waals surface area contributed by atoms with E-state index in [4.69, 9.17) is 0 Å². The molecule has 0 spiro atoms. The number of hydrogen-bond donors (Lipinski definition) is 1. The Balaban J connectivity index is 2.15. The summed E-state index contributed by atoms with van der Waals surface area (Å²) < 4.78 is 0. The molecule has 2 rings (SSSR count). The second-order valence-corrected chi connectivity index (χ2v) is 4.65. The topological polar surface area (TPSA) is 15.3 Å². The van der Waals surface area contributed by atoms with Crippen LogP contribution < -0.4 is 5.32 Å². The maximum atomic E-state index is 3.81. The van der Waals surface area contributed by atoms with Gasteiger partial charge in [0.2, 0.25) is 0 Å². The van der Waals surface area contributed by atoms with Crippen LogP contribution in [0.4, 0.5) is 0 Å². The summed E-state index contributed by atoms with van der Waals surface area (Å²) in [5.41, 5.74) is 1.44. The zero-order chi connectivity index (χ0) is 11.4. The Labute approximate surface area is 98.0 Å². The fraction of sp³-hybridized carbons (Fsp3) is 0.429. The molecule has 1 aromatic rings. The van der Waals surface area contributed by atoms with Gasteiger partial charge in [-0.2, -0.15) is 0 Å². The molecule has 1 heterocycles. The summed E-state index contributed by atoms with van der Waals surface area (Å²) in [6, 6.07) is 10.7. The summed E-state index contributed by atoms with van der Waals surface area (Å²) in [4.78, 5) is 2.44. The number of benzene rings is 1. The first-order valence-electron chi connectivity index (χ1n) is 5.88. The number of nitrogens with zero attached hydrogens (tertiary/aromatic N) is 1. The summed E-state index contributed by atoms with van der Waals surface area (Å²) >= 11 is 0. The Morgan fingerprint density at radius 3 is 2.88 bits per heavy atom. The van der Waals surface area contributed by atoms with E-state index in [2.05, 4.69) is 54.1 Å². The van der Waals surface area contributed by atoms with Crippen molar-refractivity contribution in [3.05, 3.63) is 48.6 Å². The molecule has 1 atom stereocenters. The van der Waals surface area contributed by atoms with Crippen molar-refractivity contribution in [2.75, 3.05) is 26.2 Å². The molecule has 2 heteroatoms. The molecule has 0 bridgehead atoms. The van der Waals surface area contributed by atoms with Crippen molar-refractivity contribution in [3.8, 4) is 0 Å². The highest BCUT2D eigenvalue weighted by Crippen LogP contribution is 2.23. The van der Waals surface area contributed by atoms with Gasteiger partial charge in [-0.15, -0.1) is 6.58 Å². The van der Waals surface area contributed by atoms with Crippen LogP contribution in [0.25, 0.3) is 0 Å². The average Bonchev–Trinajstić information content (AvgIpc) is 2.31. The fourth-order valence-electron chi connectivity index (χ4n) is 2.41. The van der Waals surface area contributed by atoms with E-state index in [1.54, 1.807) is 0 Å². The SMILES string of the molecule is C=CCN1CCNC(C)(c2ccccc2)C1. The summed E-state index contributed by atoms with van der Waals surface area (Å²) in [6.45, 7) is 10.3. The minimum Gasteiger partial charge on any atom is -0.305 e. The van der Waals surface area contributed by atoms with Gasteiger partial charge in [0, 0.05) is 26.2 Å². The largest absolute Gasteiger partial charge is 0.305 e. The van der Waals surface area contributed by atoms with E-state index in [9.17, 15) is 0 Å². The molecule has 1 N–H and O–H groups in total. The molecule has 1 unspecified atom stereocenters. The molecule has 1 aliphatic rings. The molecular formula is C14H20N2. The lowest BCUT2D eigenvalue weighted by molar-refractivity contribution is 0.156. The van der Waals surface area contributed by atoms with Crippen molar-refractivity contribution in [1.29, 1.82) is 0 Å². The lowest BCUT2D eigenvalue weighted by Gasteiger charge is -2.41. The van der Waals surface area contributed by atoms with E-state index < -0.39 is 0 Å². The van der Waals surface area contributed by atoms with Gasteiger partial charge in [0.05, 0.1) is 5.54 Å². The second-order valence-electron chi connectivity index (χ2n) is 4.65. The highest BCUT2D eigenvalue weighted by molar-refractivity contribution is 5.24. The van der Waals surface area contributed by atoms with E-state index >= 15 is 0 Å². The number of rotatable bonds is 3. The van der Waals surface area contributed by atoms with E-state index in [1.165, 1.54) is 5.56 Å². The van der Waals surface area contributed by atoms with Crippen molar-refractivity contribution in [3.63, 3.8) is 0 Å². The summed E-state index contributed by atoms with van der Waals surface area (Å²) in [5, 5.41) is 3.62. The molecule has 2 nitrogen and oxygen atoms in total. The van der Waals surface area contributed by atoms with Crippen molar-refractivity contribution in [1.82, 2.24) is 10.2 Å². The van der Waals surface area contributed by atoms with Crippen molar-refractivity contribution >= 4 is 0 Å². The molecule has 1 aliphatic heterocycles. The third-order valence-corrected chi connectivity index (χ3v) is 3.28. The van der Waals surface area contributed by atoms with Crippen LogP contribution in [-0.4, -0.2) is 31.1 Å². The Kier molecular flexibility index (Phi) is 3.42. The minimum absolute atomic E-state index is 0.0719. The molecule has 16 heavy (non-hydrogen) atoms. The Morgan fingerprint density at radius 2 is 2.19 bits per heavy atom. The molecule has 1 saturated heterocycles. The van der Waals surface area contributed by atoms with Gasteiger partial charge in [-0.25, -0.2) is 0 Å². The summed E-state index contributed by atoms with van der Waals surface area (Å²) in [6.07, 6.45) is 1.98. The van der Waals surface area contributed by atoms with Crippen molar-refractivity contribution in [2.24, 2.45) is 0 Å². The highest BCUT2D eigenvalue weighted by atomic mass is 15.2. The lowest BCUT2D eigenvalue weighted by Crippen LogP contribution is -2.56. The lowest BCUT2D eigenvalue weighted by atomic mass is 9.90. The standard InChI is InChI=1S/C14H20N2/c1-3-10-16-11-9-15-14(2,12-16)13-7-5-4-6-8-13/h3-8,15H,1,9-12H2,2H3. The molecule has 0 aliphatic carbocycles. The Morgan fingerprint density at radius 1 is 1.44 bits per heavy atom. The van der Waals surface area contributed by atoms with E-state index in [1.807, 2.05) is 6.08 Å². The molecule has 0 aromatic heterocycles. The van der Waals surface area contributed by atoms with E-state index in [0.29, 0.717) is 0 Å². The third-order valence-electron chi connectivity index (χ3n) is 3.28. The van der Waals surface area contributed by atoms with Crippen molar-refractivity contribution < 1.29 is 0 Å². The van der Waals surface area contributed by atoms with Crippen LogP contribution in [0.5, 0.6) is 0 Å². The van der Waals surface area contributed by atoms with Crippen LogP contribution in [0.2, 0.25) is 0 Å². The third kappa shape index (κ3) is 2.34. The zero-order valence-electron chi connectivity index (χ0n) is 9.95. The van der Waals surface area contributed by atoms with Gasteiger partial charge >= 0.3 is 0 Å². The van der Waals surface area contributed by atoms with Crippen LogP contribution in [0.15, 0.2) is 43.0 Å². The summed E-state index contributed by atoms with van der Waals surface area (Å²) in [7, 11) is 0. The Hall–Kier alpha value is -1.12. The molecule has 1 aromatic carbocycles. The van der Waals surface area contributed by atoms with E-state index in [-0.39, 0.29) is 5.54 Å². The predicted octanol–water partition coefficient (Wildman–Crippen LogP) is 1.99. The molecule has 1 fully saturated rings. The maximum absolute atomic E-state index is 3.81. The van der Waals surface area contributed by atoms with Gasteiger partial charge in [-0.3, -0.25) is 4.90 Å². The summed E-state index contributed by atoms with van der Waals surface area (Å²) in [5.74, 6) is 0. The predicted molar refractivity (Wildman–Crippen MR) is 68.4 cm³/mol. The number of hydrogen-bond acceptors (Lipinski definition) is 2. The highest BCUT2D eigenvalue weighted by Gasteiger charge is 2.31. The van der Waals surface area contributed by atoms with Crippen LogP contribution in [0.3, 0.4) is 0 Å². The number of nitrogens with one attached hydrogen (secondary N) is 1. The van der Waals surface area contributed by atoms with Gasteiger partial charge in [0.25, 0.3) is 0 Å². The first-order chi connectivity index (χ1) is 7.74. The van der Waals surface area contributed by atoms with E-state index in [0.717, 1.165) is 26.2 Å². The molecule has 86 valence electrons. The maximum Gasteiger partial charge on any atom is 0.0535 e. The average molecular weight is 216 g/mol. The van der Waals surface area contributed by atoms with Gasteiger partial charge in [-0.1, -0.05) is 36.4 Å². The molecular weight excluding hydrogens is 196 g/mol. The monoisotopic (exact) mass is 216 g/mol. The second kappa shape index (κ2) is 4.81. The number of piperazine rings is 1. The fourth-order valence-corrected chi connectivity index (χ4v) is 2.41. The van der Waals surface area contributed by atoms with Crippen molar-refractivity contribution in [2.45, 2.75) is 12.5 Å². The quantitative estimate of drug-likeness (QED) is 0.777. The molecule has 0 radical (unpaired) electrons. The minimum atomic E-state index is 0.0719. The van der Waals surface area contributed by atoms with Crippen LogP contribution in [-0.2, 0) is 5.54 Å². The molecule has 0 saturated carbocycles. The van der Waals surface area contributed by atoms with Crippen LogP contribution in [0, 0.1) is 0 Å². The van der Waals surface area contributed by atoms with Gasteiger partial charge in [-0.05, 0) is 12.5 Å². The first kappa shape index (κ1) is 11.4. The van der Waals surface area contributed by atoms with Gasteiger partial charge in [0.15, 0.2) is 0 Å². The van der Waals surface area contributed by atoms with Crippen LogP contribution in [0.1, 0.15) is 12.5 Å².